The number of unbranched alkanes of at least 4 members (excludes halogenated alkanes) is 30. The van der Waals surface area contributed by atoms with Crippen LogP contribution in [0.5, 0.6) is 0 Å². The van der Waals surface area contributed by atoms with E-state index in [1.54, 1.807) is 0 Å². The normalized spacial score (nSPS) is 13.3. The lowest BCUT2D eigenvalue weighted by molar-refractivity contribution is -0.870. The number of nitrogens with zero attached hydrogens (tertiary/aromatic N) is 1. The van der Waals surface area contributed by atoms with Gasteiger partial charge in [0.2, 0.25) is 0 Å². The smallest absolute Gasteiger partial charge is 0.306 e. The maximum atomic E-state index is 12.9. The van der Waals surface area contributed by atoms with Crippen LogP contribution in [0, 0.1) is 0 Å². The predicted molar refractivity (Wildman–Crippen MR) is 329 cm³/mol. The molecule has 0 rings (SSSR count). The van der Waals surface area contributed by atoms with Gasteiger partial charge in [0.1, 0.15) is 13.2 Å². The molecular formula is C69H121NO8. The topological polar surface area (TPSA) is 111 Å². The minimum absolute atomic E-state index is 0.148. The Hall–Kier alpha value is -3.53. The van der Waals surface area contributed by atoms with E-state index in [2.05, 4.69) is 98.9 Å². The van der Waals surface area contributed by atoms with Crippen LogP contribution in [0.3, 0.4) is 0 Å². The third kappa shape index (κ3) is 60.1. The van der Waals surface area contributed by atoms with Crippen molar-refractivity contribution in [1.29, 1.82) is 0 Å². The maximum Gasteiger partial charge on any atom is 0.306 e. The lowest BCUT2D eigenvalue weighted by Crippen LogP contribution is -2.44. The van der Waals surface area contributed by atoms with E-state index >= 15 is 0 Å². The van der Waals surface area contributed by atoms with Crippen LogP contribution in [-0.4, -0.2) is 82.3 Å². The number of carbonyl (C=O) groups is 3. The summed E-state index contributed by atoms with van der Waals surface area (Å²) in [6.45, 7) is 4.65. The van der Waals surface area contributed by atoms with Gasteiger partial charge in [-0.3, -0.25) is 9.59 Å². The number of esters is 2. The lowest BCUT2D eigenvalue weighted by atomic mass is 10.0. The Labute approximate surface area is 480 Å². The molecule has 450 valence electrons. The maximum absolute atomic E-state index is 12.9. The molecule has 0 aliphatic carbocycles. The molecule has 78 heavy (non-hydrogen) atoms. The number of likely N-dealkylation sites (N-methyl/N-ethyl adjacent to an activating group) is 1. The Morgan fingerprint density at radius 2 is 0.731 bits per heavy atom. The van der Waals surface area contributed by atoms with Crippen LogP contribution in [0.2, 0.25) is 0 Å². The van der Waals surface area contributed by atoms with Gasteiger partial charge in [-0.05, 0) is 70.6 Å². The van der Waals surface area contributed by atoms with E-state index in [4.69, 9.17) is 18.9 Å². The Morgan fingerprint density at radius 3 is 1.09 bits per heavy atom. The second-order valence-electron chi connectivity index (χ2n) is 22.7. The number of carboxylic acids is 1. The van der Waals surface area contributed by atoms with Gasteiger partial charge < -0.3 is 33.3 Å². The number of hydrogen-bond acceptors (Lipinski definition) is 8. The fourth-order valence-electron chi connectivity index (χ4n) is 8.99. The third-order valence-corrected chi connectivity index (χ3v) is 13.9. The van der Waals surface area contributed by atoms with E-state index in [-0.39, 0.29) is 32.2 Å². The summed E-state index contributed by atoms with van der Waals surface area (Å²) in [5.41, 5.74) is 0. The second kappa shape index (κ2) is 59.6. The largest absolute Gasteiger partial charge is 0.545 e. The summed E-state index contributed by atoms with van der Waals surface area (Å²) < 4.78 is 22.7. The average Bonchev–Trinajstić information content (AvgIpc) is 3.41. The van der Waals surface area contributed by atoms with Gasteiger partial charge in [-0.15, -0.1) is 0 Å². The van der Waals surface area contributed by atoms with Gasteiger partial charge >= 0.3 is 11.9 Å². The number of carboxylic acid groups (broad SMARTS) is 1. The van der Waals surface area contributed by atoms with Gasteiger partial charge in [0.15, 0.2) is 12.4 Å². The summed E-state index contributed by atoms with van der Waals surface area (Å²) in [5.74, 6) is -2.27. The number of quaternary nitrogens is 1. The number of hydrogen-bond donors (Lipinski definition) is 0. The molecule has 0 spiro atoms. The molecular weight excluding hydrogens is 971 g/mol. The highest BCUT2D eigenvalue weighted by atomic mass is 16.7. The van der Waals surface area contributed by atoms with Gasteiger partial charge in [-0.1, -0.05) is 279 Å². The Balaban J connectivity index is 3.96. The minimum Gasteiger partial charge on any atom is -0.545 e. The number of ether oxygens (including phenoxy) is 4. The summed E-state index contributed by atoms with van der Waals surface area (Å²) in [4.78, 5) is 37.2. The molecule has 0 aromatic rings. The summed E-state index contributed by atoms with van der Waals surface area (Å²) in [6, 6.07) is 0. The SMILES string of the molecule is CC/C=C\C/C=C\C/C=C\C/C=C\C/C=C\C/C=C\C/C=C\CCCCCCCCCCCCCCCCCCCCCC(=O)OC(COC(=O)CCCCCCCCCCCCCC)COC(OCC[N+](C)(C)C)C(=O)[O-]. The predicted octanol–water partition coefficient (Wildman–Crippen LogP) is 18.2. The van der Waals surface area contributed by atoms with E-state index in [1.165, 1.54) is 167 Å². The zero-order chi connectivity index (χ0) is 56.9. The monoisotopic (exact) mass is 1090 g/mol. The molecule has 0 bridgehead atoms. The van der Waals surface area contributed by atoms with Crippen molar-refractivity contribution in [3.8, 4) is 0 Å². The van der Waals surface area contributed by atoms with E-state index in [0.717, 1.165) is 77.0 Å². The Kier molecular flexibility index (Phi) is 56.9. The van der Waals surface area contributed by atoms with Crippen LogP contribution in [0.15, 0.2) is 85.1 Å². The fraction of sp³-hybridized carbons (Fsp3) is 0.754. The van der Waals surface area contributed by atoms with Crippen molar-refractivity contribution in [2.45, 2.75) is 289 Å². The highest BCUT2D eigenvalue weighted by Crippen LogP contribution is 2.17. The molecule has 0 aromatic heterocycles. The van der Waals surface area contributed by atoms with Gasteiger partial charge in [0, 0.05) is 12.8 Å². The van der Waals surface area contributed by atoms with E-state index < -0.39 is 24.3 Å². The first-order valence-corrected chi connectivity index (χ1v) is 32.2. The van der Waals surface area contributed by atoms with Crippen molar-refractivity contribution < 1.29 is 42.9 Å². The first kappa shape index (κ1) is 74.5. The number of allylic oxidation sites excluding steroid dienone is 14. The molecule has 0 aliphatic rings. The molecule has 0 aliphatic heterocycles. The highest BCUT2D eigenvalue weighted by Gasteiger charge is 2.22. The molecule has 0 saturated heterocycles. The van der Waals surface area contributed by atoms with E-state index in [9.17, 15) is 19.5 Å². The molecule has 0 N–H and O–H groups in total. The van der Waals surface area contributed by atoms with Crippen molar-refractivity contribution >= 4 is 17.9 Å². The van der Waals surface area contributed by atoms with Crippen molar-refractivity contribution in [2.75, 3.05) is 47.5 Å². The summed E-state index contributed by atoms with van der Waals surface area (Å²) in [5, 5.41) is 11.8. The first-order valence-electron chi connectivity index (χ1n) is 32.2. The van der Waals surface area contributed by atoms with Crippen molar-refractivity contribution in [1.82, 2.24) is 0 Å². The number of carbonyl (C=O) groups excluding carboxylic acids is 3. The molecule has 0 fully saturated rings. The summed E-state index contributed by atoms with van der Waals surface area (Å²) in [6.07, 6.45) is 76.7. The molecule has 0 aromatic carbocycles. The summed E-state index contributed by atoms with van der Waals surface area (Å²) in [7, 11) is 5.93. The van der Waals surface area contributed by atoms with Gasteiger partial charge in [0.25, 0.3) is 0 Å². The molecule has 9 heteroatoms. The lowest BCUT2D eigenvalue weighted by Gasteiger charge is -2.26. The molecule has 0 saturated carbocycles. The fourth-order valence-corrected chi connectivity index (χ4v) is 8.99. The molecule has 0 amide bonds. The average molecular weight is 1090 g/mol. The molecule has 2 unspecified atom stereocenters. The highest BCUT2D eigenvalue weighted by molar-refractivity contribution is 5.70. The quantitative estimate of drug-likeness (QED) is 0.0195. The zero-order valence-corrected chi connectivity index (χ0v) is 51.3. The van der Waals surface area contributed by atoms with Gasteiger partial charge in [0.05, 0.1) is 40.3 Å². The van der Waals surface area contributed by atoms with Crippen LogP contribution in [0.1, 0.15) is 277 Å². The molecule has 2 atom stereocenters. The zero-order valence-electron chi connectivity index (χ0n) is 51.3. The molecule has 9 nitrogen and oxygen atoms in total. The van der Waals surface area contributed by atoms with Crippen molar-refractivity contribution in [2.24, 2.45) is 0 Å². The van der Waals surface area contributed by atoms with Crippen LogP contribution in [0.4, 0.5) is 0 Å². The van der Waals surface area contributed by atoms with Gasteiger partial charge in [-0.25, -0.2) is 0 Å². The molecule has 0 heterocycles. The van der Waals surface area contributed by atoms with Crippen molar-refractivity contribution in [3.63, 3.8) is 0 Å². The van der Waals surface area contributed by atoms with Crippen molar-refractivity contribution in [3.05, 3.63) is 85.1 Å². The standard InChI is InChI=1S/C69H121NO8/c1-6-8-10-12-14-16-18-20-21-22-23-24-25-26-27-28-29-30-31-32-33-34-35-36-37-38-39-40-41-42-43-44-45-46-47-48-50-52-54-56-58-60-67(72)78-65(64-77-69(68(73)74)75-62-61-70(3,4)5)63-76-66(71)59-57-55-53-51-49-19-17-15-13-11-9-7-2/h8,10,14,16,20-21,23-24,26-27,29-30,32-33,65,69H,6-7,9,11-13,15,17-19,22,25,28,31,34-64H2,1-5H3/b10-8-,16-14-,21-20-,24-23-,27-26-,30-29-,33-32-. The second-order valence-corrected chi connectivity index (χ2v) is 22.7. The first-order chi connectivity index (χ1) is 38.1. The Bertz CT molecular complexity index is 1550. The number of rotatable bonds is 59. The van der Waals surface area contributed by atoms with Crippen LogP contribution < -0.4 is 5.11 Å². The minimum atomic E-state index is -1.62. The van der Waals surface area contributed by atoms with E-state index in [1.807, 2.05) is 21.1 Å². The van der Waals surface area contributed by atoms with Crippen LogP contribution in [0.25, 0.3) is 0 Å². The van der Waals surface area contributed by atoms with Crippen LogP contribution >= 0.6 is 0 Å². The van der Waals surface area contributed by atoms with Crippen LogP contribution in [-0.2, 0) is 33.3 Å². The summed E-state index contributed by atoms with van der Waals surface area (Å²) >= 11 is 0. The third-order valence-electron chi connectivity index (χ3n) is 13.9. The Morgan fingerprint density at radius 1 is 0.397 bits per heavy atom. The van der Waals surface area contributed by atoms with Gasteiger partial charge in [-0.2, -0.15) is 0 Å². The van der Waals surface area contributed by atoms with E-state index in [0.29, 0.717) is 23.9 Å². The number of aliphatic carboxylic acids is 1. The molecule has 0 radical (unpaired) electrons.